The van der Waals surface area contributed by atoms with Crippen LogP contribution in [0.3, 0.4) is 0 Å². The van der Waals surface area contributed by atoms with Crippen LogP contribution in [0, 0.1) is 0 Å². The lowest BCUT2D eigenvalue weighted by molar-refractivity contribution is 0.669. The molecule has 1 atom stereocenters. The van der Waals surface area contributed by atoms with Crippen molar-refractivity contribution in [2.45, 2.75) is 6.04 Å². The van der Waals surface area contributed by atoms with E-state index >= 15 is 0 Å². The van der Waals surface area contributed by atoms with Gasteiger partial charge in [-0.05, 0) is 70.3 Å². The van der Waals surface area contributed by atoms with Gasteiger partial charge in [0.25, 0.3) is 0 Å². The summed E-state index contributed by atoms with van der Waals surface area (Å²) in [6.07, 6.45) is 23.1. The number of hydrogen-bond donors (Lipinski definition) is 1. The molecule has 0 radical (unpaired) electrons. The number of rotatable bonds is 4. The highest BCUT2D eigenvalue weighted by atomic mass is 16.3. The molecule has 3 heterocycles. The SMILES string of the molecule is C1=CC2=CC(/C=C/c3ccc4c(c3)oc3cc(/C=C/c5cnc6ccccc6c5)ccc34)=CNC2C=C1. The lowest BCUT2D eigenvalue weighted by Gasteiger charge is -2.22. The fourth-order valence-corrected chi connectivity index (χ4v) is 4.94. The van der Waals surface area contributed by atoms with E-state index in [9.17, 15) is 0 Å². The fraction of sp³-hybridized carbons (Fsp3) is 0.0294. The second kappa shape index (κ2) is 8.96. The Morgan fingerprint density at radius 3 is 2.35 bits per heavy atom. The van der Waals surface area contributed by atoms with E-state index in [1.54, 1.807) is 0 Å². The molecule has 1 aliphatic heterocycles. The van der Waals surface area contributed by atoms with E-state index < -0.39 is 0 Å². The minimum Gasteiger partial charge on any atom is -0.456 e. The molecule has 3 aromatic carbocycles. The van der Waals surface area contributed by atoms with E-state index in [1.807, 2.05) is 24.4 Å². The third kappa shape index (κ3) is 4.21. The zero-order valence-electron chi connectivity index (χ0n) is 20.1. The van der Waals surface area contributed by atoms with Crippen molar-refractivity contribution in [3.05, 3.63) is 143 Å². The Kier molecular flexibility index (Phi) is 5.18. The molecular weight excluding hydrogens is 452 g/mol. The van der Waals surface area contributed by atoms with Crippen molar-refractivity contribution in [2.75, 3.05) is 0 Å². The number of fused-ring (bicyclic) bond motifs is 5. The second-order valence-electron chi connectivity index (χ2n) is 9.42. The number of allylic oxidation sites excluding steroid dienone is 5. The standard InChI is InChI=1S/C34H24N2O/c1-3-7-31-27(5-1)17-25(21-35-31)11-9-23-13-15-29-30-16-14-24(20-34(30)37-33(29)19-23)10-12-26-18-28-6-2-4-8-32(28)36-22-26/h1-22,31,35H/b11-9+,12-10+. The minimum absolute atomic E-state index is 0.276. The Bertz CT molecular complexity index is 1860. The summed E-state index contributed by atoms with van der Waals surface area (Å²) in [6.45, 7) is 0. The molecule has 3 nitrogen and oxygen atoms in total. The van der Waals surface area contributed by atoms with Crippen LogP contribution in [0.25, 0.3) is 51.1 Å². The molecule has 5 aromatic rings. The summed E-state index contributed by atoms with van der Waals surface area (Å²) in [6, 6.07) is 23.4. The number of para-hydroxylation sites is 1. The number of aromatic nitrogens is 1. The average Bonchev–Trinajstić information content (AvgIpc) is 3.31. The van der Waals surface area contributed by atoms with Crippen molar-refractivity contribution in [1.82, 2.24) is 10.3 Å². The van der Waals surface area contributed by atoms with E-state index in [0.717, 1.165) is 55.1 Å². The molecule has 0 fully saturated rings. The molecule has 7 rings (SSSR count). The number of benzene rings is 3. The normalized spacial score (nSPS) is 17.0. The van der Waals surface area contributed by atoms with E-state index in [1.165, 1.54) is 5.57 Å². The Labute approximate surface area is 215 Å². The highest BCUT2D eigenvalue weighted by Crippen LogP contribution is 2.31. The first kappa shape index (κ1) is 21.4. The zero-order chi connectivity index (χ0) is 24.6. The summed E-state index contributed by atoms with van der Waals surface area (Å²) in [4.78, 5) is 4.55. The molecule has 2 aromatic heterocycles. The smallest absolute Gasteiger partial charge is 0.136 e. The Morgan fingerprint density at radius 1 is 0.757 bits per heavy atom. The summed E-state index contributed by atoms with van der Waals surface area (Å²) in [5, 5.41) is 6.84. The number of furan rings is 1. The van der Waals surface area contributed by atoms with Gasteiger partial charge >= 0.3 is 0 Å². The van der Waals surface area contributed by atoms with E-state index in [2.05, 4.69) is 120 Å². The molecule has 0 amide bonds. The van der Waals surface area contributed by atoms with Gasteiger partial charge in [-0.25, -0.2) is 0 Å². The van der Waals surface area contributed by atoms with Gasteiger partial charge in [-0.3, -0.25) is 4.98 Å². The lowest BCUT2D eigenvalue weighted by Crippen LogP contribution is -2.27. The van der Waals surface area contributed by atoms with Crippen molar-refractivity contribution in [3.63, 3.8) is 0 Å². The van der Waals surface area contributed by atoms with Crippen molar-refractivity contribution >= 4 is 51.1 Å². The van der Waals surface area contributed by atoms with E-state index in [-0.39, 0.29) is 6.04 Å². The summed E-state index contributed by atoms with van der Waals surface area (Å²) >= 11 is 0. The van der Waals surface area contributed by atoms with Crippen LogP contribution in [0.1, 0.15) is 16.7 Å². The predicted octanol–water partition coefficient (Wildman–Crippen LogP) is 8.23. The molecule has 1 N–H and O–H groups in total. The molecule has 1 aliphatic carbocycles. The number of dihydropyridines is 1. The third-order valence-corrected chi connectivity index (χ3v) is 6.89. The molecule has 0 spiro atoms. The Morgan fingerprint density at radius 2 is 1.51 bits per heavy atom. The summed E-state index contributed by atoms with van der Waals surface area (Å²) in [5.74, 6) is 0. The molecule has 3 heteroatoms. The van der Waals surface area contributed by atoms with Crippen molar-refractivity contribution in [2.24, 2.45) is 0 Å². The monoisotopic (exact) mass is 476 g/mol. The van der Waals surface area contributed by atoms with Gasteiger partial charge in [0.15, 0.2) is 0 Å². The van der Waals surface area contributed by atoms with Gasteiger partial charge in [-0.1, -0.05) is 78.9 Å². The summed E-state index contributed by atoms with van der Waals surface area (Å²) in [7, 11) is 0. The lowest BCUT2D eigenvalue weighted by atomic mass is 9.96. The van der Waals surface area contributed by atoms with Crippen LogP contribution in [-0.4, -0.2) is 11.0 Å². The van der Waals surface area contributed by atoms with Crippen LogP contribution in [0.2, 0.25) is 0 Å². The van der Waals surface area contributed by atoms with E-state index in [0.29, 0.717) is 0 Å². The highest BCUT2D eigenvalue weighted by molar-refractivity contribution is 6.06. The molecular formula is C34H24N2O. The van der Waals surface area contributed by atoms with Gasteiger partial charge < -0.3 is 9.73 Å². The zero-order valence-corrected chi connectivity index (χ0v) is 20.1. The molecule has 37 heavy (non-hydrogen) atoms. The van der Waals surface area contributed by atoms with Gasteiger partial charge in [0, 0.05) is 28.6 Å². The quantitative estimate of drug-likeness (QED) is 0.284. The van der Waals surface area contributed by atoms with Gasteiger partial charge in [0.1, 0.15) is 11.2 Å². The Hall–Kier alpha value is -4.89. The largest absolute Gasteiger partial charge is 0.456 e. The molecule has 176 valence electrons. The number of hydrogen-bond acceptors (Lipinski definition) is 3. The summed E-state index contributed by atoms with van der Waals surface area (Å²) < 4.78 is 6.27. The number of pyridine rings is 1. The van der Waals surface area contributed by atoms with Crippen LogP contribution >= 0.6 is 0 Å². The third-order valence-electron chi connectivity index (χ3n) is 6.89. The van der Waals surface area contributed by atoms with Crippen molar-refractivity contribution in [3.8, 4) is 0 Å². The van der Waals surface area contributed by atoms with Crippen LogP contribution in [0.4, 0.5) is 0 Å². The first-order valence-electron chi connectivity index (χ1n) is 12.5. The number of nitrogens with zero attached hydrogens (tertiary/aromatic N) is 1. The van der Waals surface area contributed by atoms with Crippen LogP contribution in [0.5, 0.6) is 0 Å². The molecule has 0 saturated carbocycles. The van der Waals surface area contributed by atoms with Crippen LogP contribution in [0.15, 0.2) is 131 Å². The van der Waals surface area contributed by atoms with Crippen LogP contribution < -0.4 is 5.32 Å². The van der Waals surface area contributed by atoms with Gasteiger partial charge in [-0.15, -0.1) is 0 Å². The maximum Gasteiger partial charge on any atom is 0.136 e. The first-order chi connectivity index (χ1) is 18.3. The summed E-state index contributed by atoms with van der Waals surface area (Å²) in [5.41, 5.74) is 8.49. The van der Waals surface area contributed by atoms with Gasteiger partial charge in [-0.2, -0.15) is 0 Å². The van der Waals surface area contributed by atoms with E-state index in [4.69, 9.17) is 4.42 Å². The van der Waals surface area contributed by atoms with Gasteiger partial charge in [0.05, 0.1) is 11.6 Å². The van der Waals surface area contributed by atoms with Crippen molar-refractivity contribution < 1.29 is 4.42 Å². The fourth-order valence-electron chi connectivity index (χ4n) is 4.94. The minimum atomic E-state index is 0.276. The second-order valence-corrected chi connectivity index (χ2v) is 9.42. The molecule has 2 aliphatic rings. The molecule has 1 unspecified atom stereocenters. The Balaban J connectivity index is 1.14. The molecule has 0 saturated heterocycles. The molecule has 0 bridgehead atoms. The first-order valence-corrected chi connectivity index (χ1v) is 12.5. The maximum absolute atomic E-state index is 6.27. The number of nitrogens with one attached hydrogen (secondary N) is 1. The topological polar surface area (TPSA) is 38.1 Å². The average molecular weight is 477 g/mol. The van der Waals surface area contributed by atoms with Crippen molar-refractivity contribution in [1.29, 1.82) is 0 Å². The van der Waals surface area contributed by atoms with Crippen LogP contribution in [-0.2, 0) is 0 Å². The maximum atomic E-state index is 6.27. The highest BCUT2D eigenvalue weighted by Gasteiger charge is 2.13. The van der Waals surface area contributed by atoms with Gasteiger partial charge in [0.2, 0.25) is 0 Å². The predicted molar refractivity (Wildman–Crippen MR) is 155 cm³/mol.